The van der Waals surface area contributed by atoms with Gasteiger partial charge in [0.1, 0.15) is 0 Å². The molecule has 1 aromatic rings. The molecule has 0 bridgehead atoms. The molecular formula is C17H22N2O. The highest BCUT2D eigenvalue weighted by Crippen LogP contribution is 2.26. The van der Waals surface area contributed by atoms with Crippen molar-refractivity contribution in [1.29, 1.82) is 0 Å². The average Bonchev–Trinajstić information content (AvgIpc) is 2.99. The van der Waals surface area contributed by atoms with Crippen LogP contribution in [-0.4, -0.2) is 19.0 Å². The van der Waals surface area contributed by atoms with Gasteiger partial charge in [-0.1, -0.05) is 37.5 Å². The molecule has 0 heterocycles. The van der Waals surface area contributed by atoms with Gasteiger partial charge >= 0.3 is 0 Å². The molecule has 3 nitrogen and oxygen atoms in total. The Labute approximate surface area is 120 Å². The summed E-state index contributed by atoms with van der Waals surface area (Å²) in [5, 5.41) is 2.99. The Hall–Kier alpha value is -1.79. The van der Waals surface area contributed by atoms with E-state index in [-0.39, 0.29) is 5.91 Å². The number of hydrogen-bond donors (Lipinski definition) is 2. The molecule has 0 radical (unpaired) electrons. The summed E-state index contributed by atoms with van der Waals surface area (Å²) in [5.74, 6) is 6.55. The minimum absolute atomic E-state index is 0.00123. The Morgan fingerprint density at radius 2 is 1.95 bits per heavy atom. The van der Waals surface area contributed by atoms with Gasteiger partial charge in [0, 0.05) is 17.7 Å². The molecule has 2 rings (SSSR count). The number of nitrogens with two attached hydrogens (primary N) is 1. The van der Waals surface area contributed by atoms with Gasteiger partial charge in [-0.3, -0.25) is 4.79 Å². The largest absolute Gasteiger partial charge is 0.352 e. The van der Waals surface area contributed by atoms with Gasteiger partial charge in [0.2, 0.25) is 0 Å². The molecule has 20 heavy (non-hydrogen) atoms. The van der Waals surface area contributed by atoms with Gasteiger partial charge < -0.3 is 11.1 Å². The number of rotatable bonds is 4. The Bertz CT molecular complexity index is 490. The van der Waals surface area contributed by atoms with Crippen molar-refractivity contribution in [2.75, 3.05) is 13.1 Å². The van der Waals surface area contributed by atoms with Gasteiger partial charge in [0.25, 0.3) is 5.91 Å². The van der Waals surface area contributed by atoms with Gasteiger partial charge in [0.15, 0.2) is 0 Å². The average molecular weight is 270 g/mol. The summed E-state index contributed by atoms with van der Waals surface area (Å²) >= 11 is 0. The van der Waals surface area contributed by atoms with Crippen LogP contribution in [0.3, 0.4) is 0 Å². The molecule has 106 valence electrons. The first-order chi connectivity index (χ1) is 9.79. The topological polar surface area (TPSA) is 55.1 Å². The van der Waals surface area contributed by atoms with E-state index in [4.69, 9.17) is 5.73 Å². The lowest BCUT2D eigenvalue weighted by atomic mass is 10.0. The van der Waals surface area contributed by atoms with Crippen LogP contribution in [0.2, 0.25) is 0 Å². The first-order valence-corrected chi connectivity index (χ1v) is 7.37. The van der Waals surface area contributed by atoms with E-state index in [1.165, 1.54) is 25.7 Å². The predicted octanol–water partition coefficient (Wildman–Crippen LogP) is 2.31. The van der Waals surface area contributed by atoms with Crippen LogP contribution in [0.25, 0.3) is 0 Å². The highest BCUT2D eigenvalue weighted by molar-refractivity contribution is 5.94. The molecule has 0 unspecified atom stereocenters. The minimum atomic E-state index is 0.00123. The fourth-order valence-electron chi connectivity index (χ4n) is 2.65. The molecule has 3 N–H and O–H groups in total. The standard InChI is InChI=1S/C17H22N2O/c18-12-3-6-15-7-9-16(10-8-15)17(20)19-13-11-14-4-1-2-5-14/h7-10,14H,1-2,4-5,11-13,18H2,(H,19,20). The summed E-state index contributed by atoms with van der Waals surface area (Å²) < 4.78 is 0. The number of hydrogen-bond acceptors (Lipinski definition) is 2. The van der Waals surface area contributed by atoms with Crippen LogP contribution < -0.4 is 11.1 Å². The lowest BCUT2D eigenvalue weighted by Crippen LogP contribution is -2.25. The van der Waals surface area contributed by atoms with Gasteiger partial charge in [-0.25, -0.2) is 0 Å². The van der Waals surface area contributed by atoms with Crippen molar-refractivity contribution in [3.63, 3.8) is 0 Å². The highest BCUT2D eigenvalue weighted by Gasteiger charge is 2.14. The molecule has 1 aliphatic rings. The maximum atomic E-state index is 12.0. The van der Waals surface area contributed by atoms with E-state index in [1.54, 1.807) is 0 Å². The fraction of sp³-hybridized carbons (Fsp3) is 0.471. The summed E-state index contributed by atoms with van der Waals surface area (Å²) in [6, 6.07) is 7.33. The fourth-order valence-corrected chi connectivity index (χ4v) is 2.65. The molecule has 1 amide bonds. The van der Waals surface area contributed by atoms with E-state index in [1.807, 2.05) is 24.3 Å². The summed E-state index contributed by atoms with van der Waals surface area (Å²) in [5.41, 5.74) is 6.90. The van der Waals surface area contributed by atoms with Crippen LogP contribution in [0.15, 0.2) is 24.3 Å². The van der Waals surface area contributed by atoms with Crippen LogP contribution in [0, 0.1) is 17.8 Å². The first kappa shape index (κ1) is 14.6. The van der Waals surface area contributed by atoms with Gasteiger partial charge in [-0.2, -0.15) is 0 Å². The van der Waals surface area contributed by atoms with E-state index < -0.39 is 0 Å². The molecule has 1 aromatic carbocycles. The van der Waals surface area contributed by atoms with Crippen LogP contribution in [0.4, 0.5) is 0 Å². The normalized spacial score (nSPS) is 14.7. The van der Waals surface area contributed by atoms with Crippen molar-refractivity contribution in [3.05, 3.63) is 35.4 Å². The molecule has 0 atom stereocenters. The van der Waals surface area contributed by atoms with Crippen molar-refractivity contribution >= 4 is 5.91 Å². The number of carbonyl (C=O) groups excluding carboxylic acids is 1. The van der Waals surface area contributed by atoms with E-state index in [2.05, 4.69) is 17.2 Å². The SMILES string of the molecule is NCC#Cc1ccc(C(=O)NCCC2CCCC2)cc1. The minimum Gasteiger partial charge on any atom is -0.352 e. The predicted molar refractivity (Wildman–Crippen MR) is 81.3 cm³/mol. The highest BCUT2D eigenvalue weighted by atomic mass is 16.1. The quantitative estimate of drug-likeness (QED) is 0.825. The molecule has 0 spiro atoms. The van der Waals surface area contributed by atoms with Gasteiger partial charge in [-0.05, 0) is 36.6 Å². The van der Waals surface area contributed by atoms with E-state index in [9.17, 15) is 4.79 Å². The van der Waals surface area contributed by atoms with Crippen molar-refractivity contribution < 1.29 is 4.79 Å². The van der Waals surface area contributed by atoms with Crippen molar-refractivity contribution in [2.24, 2.45) is 11.7 Å². The van der Waals surface area contributed by atoms with E-state index >= 15 is 0 Å². The summed E-state index contributed by atoms with van der Waals surface area (Å²) in [6.45, 7) is 1.13. The zero-order valence-electron chi connectivity index (χ0n) is 11.8. The second-order valence-corrected chi connectivity index (χ2v) is 5.28. The summed E-state index contributed by atoms with van der Waals surface area (Å²) in [6.07, 6.45) is 6.45. The maximum Gasteiger partial charge on any atom is 0.251 e. The van der Waals surface area contributed by atoms with Crippen molar-refractivity contribution in [3.8, 4) is 11.8 Å². The second kappa shape index (κ2) is 7.72. The Morgan fingerprint density at radius 3 is 2.60 bits per heavy atom. The van der Waals surface area contributed by atoms with Crippen LogP contribution in [0.1, 0.15) is 48.0 Å². The third-order valence-corrected chi connectivity index (χ3v) is 3.79. The zero-order valence-corrected chi connectivity index (χ0v) is 11.8. The zero-order chi connectivity index (χ0) is 14.2. The molecule has 0 saturated heterocycles. The van der Waals surface area contributed by atoms with Crippen LogP contribution in [0.5, 0.6) is 0 Å². The number of nitrogens with one attached hydrogen (secondary N) is 1. The number of benzene rings is 1. The Morgan fingerprint density at radius 1 is 1.25 bits per heavy atom. The molecule has 1 saturated carbocycles. The third-order valence-electron chi connectivity index (χ3n) is 3.79. The van der Waals surface area contributed by atoms with Crippen molar-refractivity contribution in [2.45, 2.75) is 32.1 Å². The number of carbonyl (C=O) groups is 1. The van der Waals surface area contributed by atoms with E-state index in [0.717, 1.165) is 24.4 Å². The van der Waals surface area contributed by atoms with Gasteiger partial charge in [0.05, 0.1) is 6.54 Å². The molecule has 1 aliphatic carbocycles. The van der Waals surface area contributed by atoms with E-state index in [0.29, 0.717) is 12.1 Å². The van der Waals surface area contributed by atoms with Crippen LogP contribution in [-0.2, 0) is 0 Å². The summed E-state index contributed by atoms with van der Waals surface area (Å²) in [7, 11) is 0. The summed E-state index contributed by atoms with van der Waals surface area (Å²) in [4.78, 5) is 12.0. The molecule has 0 aliphatic heterocycles. The lowest BCUT2D eigenvalue weighted by molar-refractivity contribution is 0.0951. The molecule has 0 aromatic heterocycles. The molecular weight excluding hydrogens is 248 g/mol. The third kappa shape index (κ3) is 4.40. The maximum absolute atomic E-state index is 12.0. The Kier molecular flexibility index (Phi) is 5.64. The Balaban J connectivity index is 1.79. The second-order valence-electron chi connectivity index (χ2n) is 5.28. The smallest absolute Gasteiger partial charge is 0.251 e. The molecule has 3 heteroatoms. The number of amides is 1. The first-order valence-electron chi connectivity index (χ1n) is 7.37. The monoisotopic (exact) mass is 270 g/mol. The lowest BCUT2D eigenvalue weighted by Gasteiger charge is -2.09. The van der Waals surface area contributed by atoms with Crippen LogP contribution >= 0.6 is 0 Å². The molecule has 1 fully saturated rings. The van der Waals surface area contributed by atoms with Gasteiger partial charge in [-0.15, -0.1) is 0 Å². The van der Waals surface area contributed by atoms with Crippen molar-refractivity contribution in [1.82, 2.24) is 5.32 Å².